The Morgan fingerprint density at radius 1 is 1.23 bits per heavy atom. The third-order valence-electron chi connectivity index (χ3n) is 4.86. The van der Waals surface area contributed by atoms with Gasteiger partial charge in [0.2, 0.25) is 0 Å². The second-order valence-corrected chi connectivity index (χ2v) is 6.81. The van der Waals surface area contributed by atoms with E-state index in [1.807, 2.05) is 18.3 Å². The second-order valence-electron chi connectivity index (χ2n) is 6.81. The van der Waals surface area contributed by atoms with Gasteiger partial charge in [0.05, 0.1) is 18.6 Å². The number of hydrogen-bond acceptors (Lipinski definition) is 3. The van der Waals surface area contributed by atoms with Gasteiger partial charge in [-0.2, -0.15) is 0 Å². The van der Waals surface area contributed by atoms with Gasteiger partial charge in [0.15, 0.2) is 0 Å². The minimum atomic E-state index is 0.691. The standard InChI is InChI=1S/C22H25N3O/c1-2-26-14-6-13-25-16-17(15-24-18-10-11-18)22-19(7-5-9-21(22)25)20-8-3-4-12-23-20/h2-5,7-9,12,16,18,24H,1,6,10-11,13-15H2. The summed E-state index contributed by atoms with van der Waals surface area (Å²) < 4.78 is 7.63. The summed E-state index contributed by atoms with van der Waals surface area (Å²) in [5.41, 5.74) is 4.84. The Bertz CT molecular complexity index is 881. The minimum Gasteiger partial charge on any atom is -0.502 e. The number of nitrogens with zero attached hydrogens (tertiary/aromatic N) is 2. The van der Waals surface area contributed by atoms with Crippen LogP contribution in [0.1, 0.15) is 24.8 Å². The van der Waals surface area contributed by atoms with Crippen molar-refractivity contribution in [1.82, 2.24) is 14.9 Å². The van der Waals surface area contributed by atoms with Crippen LogP contribution < -0.4 is 5.32 Å². The minimum absolute atomic E-state index is 0.691. The van der Waals surface area contributed by atoms with E-state index >= 15 is 0 Å². The van der Waals surface area contributed by atoms with Gasteiger partial charge in [0.25, 0.3) is 0 Å². The number of aromatic nitrogens is 2. The first-order chi connectivity index (χ1) is 12.9. The quantitative estimate of drug-likeness (QED) is 0.457. The van der Waals surface area contributed by atoms with Crippen molar-refractivity contribution in [2.75, 3.05) is 6.61 Å². The van der Waals surface area contributed by atoms with Gasteiger partial charge in [0.1, 0.15) is 0 Å². The predicted octanol–water partition coefficient (Wildman–Crippen LogP) is 4.51. The molecule has 0 unspecified atom stereocenters. The van der Waals surface area contributed by atoms with E-state index in [9.17, 15) is 0 Å². The van der Waals surface area contributed by atoms with Crippen LogP contribution in [0.3, 0.4) is 0 Å². The maximum Gasteiger partial charge on any atom is 0.0890 e. The summed E-state index contributed by atoms with van der Waals surface area (Å²) in [5, 5.41) is 4.97. The largest absolute Gasteiger partial charge is 0.502 e. The van der Waals surface area contributed by atoms with Gasteiger partial charge in [-0.25, -0.2) is 0 Å². The molecule has 0 bridgehead atoms. The maximum absolute atomic E-state index is 5.28. The lowest BCUT2D eigenvalue weighted by Gasteiger charge is -2.08. The molecule has 1 fully saturated rings. The molecule has 4 rings (SSSR count). The molecule has 2 aromatic heterocycles. The Morgan fingerprint density at radius 3 is 2.92 bits per heavy atom. The van der Waals surface area contributed by atoms with Crippen LogP contribution in [-0.4, -0.2) is 22.2 Å². The highest BCUT2D eigenvalue weighted by Gasteiger charge is 2.21. The lowest BCUT2D eigenvalue weighted by molar-refractivity contribution is 0.240. The first-order valence-electron chi connectivity index (χ1n) is 9.35. The molecule has 2 heterocycles. The Hall–Kier alpha value is -2.59. The van der Waals surface area contributed by atoms with Crippen molar-refractivity contribution >= 4 is 10.9 Å². The number of ether oxygens (including phenoxy) is 1. The first kappa shape index (κ1) is 16.9. The molecule has 1 aromatic carbocycles. The Kier molecular flexibility index (Phi) is 5.02. The molecular weight excluding hydrogens is 322 g/mol. The molecule has 0 atom stereocenters. The average Bonchev–Trinajstić information content (AvgIpc) is 3.45. The van der Waals surface area contributed by atoms with Crippen molar-refractivity contribution in [3.05, 3.63) is 67.2 Å². The number of benzene rings is 1. The first-order valence-corrected chi connectivity index (χ1v) is 9.35. The molecular formula is C22H25N3O. The fourth-order valence-electron chi connectivity index (χ4n) is 3.44. The van der Waals surface area contributed by atoms with E-state index in [1.54, 1.807) is 0 Å². The van der Waals surface area contributed by atoms with Crippen molar-refractivity contribution in [2.24, 2.45) is 0 Å². The highest BCUT2D eigenvalue weighted by Crippen LogP contribution is 2.32. The normalized spacial score (nSPS) is 13.8. The van der Waals surface area contributed by atoms with E-state index in [-0.39, 0.29) is 0 Å². The van der Waals surface area contributed by atoms with Gasteiger partial charge in [-0.3, -0.25) is 4.98 Å². The van der Waals surface area contributed by atoms with Crippen LogP contribution in [0.4, 0.5) is 0 Å². The molecule has 0 amide bonds. The van der Waals surface area contributed by atoms with Gasteiger partial charge in [0, 0.05) is 48.0 Å². The molecule has 1 aliphatic carbocycles. The molecule has 26 heavy (non-hydrogen) atoms. The fraction of sp³-hybridized carbons (Fsp3) is 0.318. The molecule has 0 saturated heterocycles. The average molecular weight is 347 g/mol. The zero-order valence-corrected chi connectivity index (χ0v) is 15.0. The van der Waals surface area contributed by atoms with Gasteiger partial charge in [-0.05, 0) is 43.0 Å². The van der Waals surface area contributed by atoms with Crippen LogP contribution in [0.15, 0.2) is 61.6 Å². The lowest BCUT2D eigenvalue weighted by atomic mass is 10.0. The third-order valence-corrected chi connectivity index (χ3v) is 4.86. The molecule has 1 N–H and O–H groups in total. The Labute approximate surface area is 154 Å². The van der Waals surface area contributed by atoms with Crippen LogP contribution in [0.25, 0.3) is 22.2 Å². The summed E-state index contributed by atoms with van der Waals surface area (Å²) >= 11 is 0. The van der Waals surface area contributed by atoms with E-state index in [0.29, 0.717) is 12.6 Å². The Balaban J connectivity index is 1.71. The second kappa shape index (κ2) is 7.75. The summed E-state index contributed by atoms with van der Waals surface area (Å²) in [5.74, 6) is 0. The van der Waals surface area contributed by atoms with Crippen molar-refractivity contribution in [2.45, 2.75) is 38.4 Å². The van der Waals surface area contributed by atoms with Crippen molar-refractivity contribution in [3.8, 4) is 11.3 Å². The molecule has 0 radical (unpaired) electrons. The van der Waals surface area contributed by atoms with Crippen LogP contribution in [-0.2, 0) is 17.8 Å². The SMILES string of the molecule is C=COCCCn1cc(CNC2CC2)c2c(-c3ccccn3)cccc21. The predicted molar refractivity (Wildman–Crippen MR) is 106 cm³/mol. The molecule has 4 heteroatoms. The van der Waals surface area contributed by atoms with Gasteiger partial charge in [-0.1, -0.05) is 24.8 Å². The van der Waals surface area contributed by atoms with Crippen molar-refractivity contribution in [1.29, 1.82) is 0 Å². The number of hydrogen-bond donors (Lipinski definition) is 1. The summed E-state index contributed by atoms with van der Waals surface area (Å²) in [6.45, 7) is 6.13. The Morgan fingerprint density at radius 2 is 2.15 bits per heavy atom. The smallest absolute Gasteiger partial charge is 0.0890 e. The van der Waals surface area contributed by atoms with E-state index in [2.05, 4.69) is 51.9 Å². The zero-order valence-electron chi connectivity index (χ0n) is 15.0. The van der Waals surface area contributed by atoms with Crippen LogP contribution >= 0.6 is 0 Å². The number of aryl methyl sites for hydroxylation is 1. The fourth-order valence-corrected chi connectivity index (χ4v) is 3.44. The van der Waals surface area contributed by atoms with Crippen LogP contribution in [0.5, 0.6) is 0 Å². The number of nitrogens with one attached hydrogen (secondary N) is 1. The van der Waals surface area contributed by atoms with Gasteiger partial charge in [-0.15, -0.1) is 0 Å². The summed E-state index contributed by atoms with van der Waals surface area (Å²) in [6, 6.07) is 13.3. The summed E-state index contributed by atoms with van der Waals surface area (Å²) in [7, 11) is 0. The van der Waals surface area contributed by atoms with E-state index in [1.165, 1.54) is 41.1 Å². The summed E-state index contributed by atoms with van der Waals surface area (Å²) in [6.07, 6.45) is 9.21. The topological polar surface area (TPSA) is 39.1 Å². The number of fused-ring (bicyclic) bond motifs is 1. The van der Waals surface area contributed by atoms with E-state index in [0.717, 1.165) is 25.2 Å². The molecule has 3 aromatic rings. The highest BCUT2D eigenvalue weighted by molar-refractivity contribution is 5.97. The van der Waals surface area contributed by atoms with E-state index in [4.69, 9.17) is 4.74 Å². The molecule has 1 saturated carbocycles. The highest BCUT2D eigenvalue weighted by atomic mass is 16.5. The number of rotatable bonds is 9. The third kappa shape index (κ3) is 3.65. The molecule has 0 aliphatic heterocycles. The maximum atomic E-state index is 5.28. The zero-order chi connectivity index (χ0) is 17.8. The molecule has 1 aliphatic rings. The van der Waals surface area contributed by atoms with Gasteiger partial charge >= 0.3 is 0 Å². The van der Waals surface area contributed by atoms with Gasteiger partial charge < -0.3 is 14.6 Å². The van der Waals surface area contributed by atoms with Crippen molar-refractivity contribution in [3.63, 3.8) is 0 Å². The molecule has 4 nitrogen and oxygen atoms in total. The molecule has 134 valence electrons. The number of pyridine rings is 1. The van der Waals surface area contributed by atoms with Crippen molar-refractivity contribution < 1.29 is 4.74 Å². The van der Waals surface area contributed by atoms with Crippen LogP contribution in [0.2, 0.25) is 0 Å². The summed E-state index contributed by atoms with van der Waals surface area (Å²) in [4.78, 5) is 4.58. The lowest BCUT2D eigenvalue weighted by Crippen LogP contribution is -2.15. The monoisotopic (exact) mass is 347 g/mol. The molecule has 0 spiro atoms. The van der Waals surface area contributed by atoms with E-state index < -0.39 is 0 Å². The van der Waals surface area contributed by atoms with Crippen LogP contribution in [0, 0.1) is 0 Å².